The smallest absolute Gasteiger partial charge is 0.261 e. The molecule has 4 nitrogen and oxygen atoms in total. The second-order valence-corrected chi connectivity index (χ2v) is 4.14. The van der Waals surface area contributed by atoms with Gasteiger partial charge in [-0.25, -0.2) is 0 Å². The van der Waals surface area contributed by atoms with E-state index in [2.05, 4.69) is 5.32 Å². The van der Waals surface area contributed by atoms with E-state index in [9.17, 15) is 4.79 Å². The number of hydrogen-bond donors (Lipinski definition) is 1. The summed E-state index contributed by atoms with van der Waals surface area (Å²) in [7, 11) is 1.59. The van der Waals surface area contributed by atoms with Gasteiger partial charge in [-0.1, -0.05) is 30.7 Å². The Bertz CT molecular complexity index is 384. The summed E-state index contributed by atoms with van der Waals surface area (Å²) in [6, 6.07) is 7.10. The van der Waals surface area contributed by atoms with Crippen LogP contribution in [0.4, 0.5) is 0 Å². The zero-order valence-corrected chi connectivity index (χ0v) is 11.4. The molecule has 100 valence electrons. The maximum atomic E-state index is 11.8. The first kappa shape index (κ1) is 14.8. The summed E-state index contributed by atoms with van der Waals surface area (Å²) in [5.74, 6) is 0.363. The highest BCUT2D eigenvalue weighted by atomic mass is 35.5. The number of carbonyl (C=O) groups excluding carboxylic acids is 1. The molecule has 0 spiro atoms. The SMILES string of the molecule is CC[C@H](Oc1ccccc1Cl)C(=O)NCCOC. The topological polar surface area (TPSA) is 47.6 Å². The molecular formula is C13H18ClNO3. The molecule has 1 amide bonds. The number of benzene rings is 1. The largest absolute Gasteiger partial charge is 0.479 e. The van der Waals surface area contributed by atoms with Gasteiger partial charge in [0.25, 0.3) is 5.91 Å². The molecule has 1 rings (SSSR count). The van der Waals surface area contributed by atoms with Gasteiger partial charge in [-0.2, -0.15) is 0 Å². The molecule has 0 aliphatic rings. The molecule has 0 saturated heterocycles. The van der Waals surface area contributed by atoms with E-state index in [-0.39, 0.29) is 5.91 Å². The molecule has 0 bridgehead atoms. The van der Waals surface area contributed by atoms with Crippen LogP contribution in [0.3, 0.4) is 0 Å². The number of ether oxygens (including phenoxy) is 2. The fourth-order valence-corrected chi connectivity index (χ4v) is 1.59. The Morgan fingerprint density at radius 2 is 2.17 bits per heavy atom. The second-order valence-electron chi connectivity index (χ2n) is 3.73. The normalized spacial score (nSPS) is 11.9. The third-order valence-electron chi connectivity index (χ3n) is 2.37. The van der Waals surface area contributed by atoms with Crippen LogP contribution in [0.15, 0.2) is 24.3 Å². The first-order chi connectivity index (χ1) is 8.69. The number of nitrogens with one attached hydrogen (secondary N) is 1. The van der Waals surface area contributed by atoms with Crippen LogP contribution in [0.1, 0.15) is 13.3 Å². The highest BCUT2D eigenvalue weighted by molar-refractivity contribution is 6.32. The molecule has 1 N–H and O–H groups in total. The molecule has 0 saturated carbocycles. The van der Waals surface area contributed by atoms with Gasteiger partial charge in [0.2, 0.25) is 0 Å². The number of methoxy groups -OCH3 is 1. The second kappa shape index (κ2) is 7.95. The third-order valence-corrected chi connectivity index (χ3v) is 2.69. The zero-order valence-electron chi connectivity index (χ0n) is 10.6. The molecule has 0 radical (unpaired) electrons. The third kappa shape index (κ3) is 4.55. The minimum Gasteiger partial charge on any atom is -0.479 e. The van der Waals surface area contributed by atoms with Crippen molar-refractivity contribution in [3.8, 4) is 5.75 Å². The maximum Gasteiger partial charge on any atom is 0.261 e. The van der Waals surface area contributed by atoms with Crippen molar-refractivity contribution in [1.82, 2.24) is 5.32 Å². The van der Waals surface area contributed by atoms with Crippen molar-refractivity contribution in [2.24, 2.45) is 0 Å². The minimum absolute atomic E-state index is 0.158. The van der Waals surface area contributed by atoms with Gasteiger partial charge < -0.3 is 14.8 Å². The van der Waals surface area contributed by atoms with E-state index < -0.39 is 6.10 Å². The lowest BCUT2D eigenvalue weighted by atomic mass is 10.2. The van der Waals surface area contributed by atoms with E-state index in [0.717, 1.165) is 0 Å². The molecule has 0 aliphatic carbocycles. The van der Waals surface area contributed by atoms with Gasteiger partial charge in [0, 0.05) is 13.7 Å². The van der Waals surface area contributed by atoms with Gasteiger partial charge in [0.05, 0.1) is 11.6 Å². The molecule has 1 aromatic rings. The number of halogens is 1. The van der Waals surface area contributed by atoms with Crippen molar-refractivity contribution in [2.75, 3.05) is 20.3 Å². The van der Waals surface area contributed by atoms with Crippen LogP contribution >= 0.6 is 11.6 Å². The summed E-state index contributed by atoms with van der Waals surface area (Å²) >= 11 is 5.98. The van der Waals surface area contributed by atoms with E-state index in [1.54, 1.807) is 19.2 Å². The molecule has 0 aliphatic heterocycles. The Hall–Kier alpha value is -1.26. The van der Waals surface area contributed by atoms with E-state index in [1.807, 2.05) is 19.1 Å². The average molecular weight is 272 g/mol. The van der Waals surface area contributed by atoms with Crippen molar-refractivity contribution in [2.45, 2.75) is 19.4 Å². The summed E-state index contributed by atoms with van der Waals surface area (Å²) in [6.07, 6.45) is 0.0334. The van der Waals surface area contributed by atoms with Crippen molar-refractivity contribution in [3.05, 3.63) is 29.3 Å². The fourth-order valence-electron chi connectivity index (χ4n) is 1.41. The molecule has 5 heteroatoms. The quantitative estimate of drug-likeness (QED) is 0.774. The van der Waals surface area contributed by atoms with E-state index >= 15 is 0 Å². The van der Waals surface area contributed by atoms with E-state index in [0.29, 0.717) is 30.3 Å². The Morgan fingerprint density at radius 1 is 1.44 bits per heavy atom. The van der Waals surface area contributed by atoms with Crippen LogP contribution in [0.25, 0.3) is 0 Å². The summed E-state index contributed by atoms with van der Waals surface area (Å²) in [5, 5.41) is 3.24. The number of para-hydroxylation sites is 1. The van der Waals surface area contributed by atoms with Crippen molar-refractivity contribution < 1.29 is 14.3 Å². The van der Waals surface area contributed by atoms with Gasteiger partial charge in [0.1, 0.15) is 5.75 Å². The summed E-state index contributed by atoms with van der Waals surface area (Å²) in [4.78, 5) is 11.8. The Kier molecular flexibility index (Phi) is 6.54. The van der Waals surface area contributed by atoms with Gasteiger partial charge >= 0.3 is 0 Å². The Morgan fingerprint density at radius 3 is 2.78 bits per heavy atom. The predicted molar refractivity (Wildman–Crippen MR) is 71.0 cm³/mol. The summed E-state index contributed by atoms with van der Waals surface area (Å²) < 4.78 is 10.5. The van der Waals surface area contributed by atoms with Gasteiger partial charge in [0.15, 0.2) is 6.10 Å². The van der Waals surface area contributed by atoms with E-state index in [4.69, 9.17) is 21.1 Å². The molecule has 0 fully saturated rings. The van der Waals surface area contributed by atoms with Crippen LogP contribution in [0.5, 0.6) is 5.75 Å². The monoisotopic (exact) mass is 271 g/mol. The standard InChI is InChI=1S/C13H18ClNO3/c1-3-11(13(16)15-8-9-17-2)18-12-7-5-4-6-10(12)14/h4-7,11H,3,8-9H2,1-2H3,(H,15,16)/t11-/m0/s1. The van der Waals surface area contributed by atoms with Crippen molar-refractivity contribution in [1.29, 1.82) is 0 Å². The van der Waals surface area contributed by atoms with Gasteiger partial charge in [-0.15, -0.1) is 0 Å². The number of carbonyl (C=O) groups is 1. The predicted octanol–water partition coefficient (Wildman–Crippen LogP) is 2.26. The maximum absolute atomic E-state index is 11.8. The zero-order chi connectivity index (χ0) is 13.4. The van der Waals surface area contributed by atoms with Crippen LogP contribution in [0.2, 0.25) is 5.02 Å². The molecule has 0 heterocycles. The van der Waals surface area contributed by atoms with Gasteiger partial charge in [-0.05, 0) is 18.6 Å². The lowest BCUT2D eigenvalue weighted by Crippen LogP contribution is -2.39. The minimum atomic E-state index is -0.540. The van der Waals surface area contributed by atoms with Crippen molar-refractivity contribution >= 4 is 17.5 Å². The fraction of sp³-hybridized carbons (Fsp3) is 0.462. The van der Waals surface area contributed by atoms with Crippen LogP contribution in [0, 0.1) is 0 Å². The van der Waals surface area contributed by atoms with E-state index in [1.165, 1.54) is 0 Å². The highest BCUT2D eigenvalue weighted by Crippen LogP contribution is 2.24. The lowest BCUT2D eigenvalue weighted by Gasteiger charge is -2.17. The van der Waals surface area contributed by atoms with Gasteiger partial charge in [-0.3, -0.25) is 4.79 Å². The lowest BCUT2D eigenvalue weighted by molar-refractivity contribution is -0.128. The molecule has 1 atom stereocenters. The molecule has 1 aromatic carbocycles. The number of rotatable bonds is 7. The Balaban J connectivity index is 2.56. The number of amides is 1. The Labute approximate surface area is 112 Å². The molecular weight excluding hydrogens is 254 g/mol. The summed E-state index contributed by atoms with van der Waals surface area (Å²) in [5.41, 5.74) is 0. The van der Waals surface area contributed by atoms with Crippen LogP contribution < -0.4 is 10.1 Å². The highest BCUT2D eigenvalue weighted by Gasteiger charge is 2.18. The molecule has 18 heavy (non-hydrogen) atoms. The molecule has 0 aromatic heterocycles. The van der Waals surface area contributed by atoms with Crippen molar-refractivity contribution in [3.63, 3.8) is 0 Å². The molecule has 0 unspecified atom stereocenters. The van der Waals surface area contributed by atoms with Crippen LogP contribution in [-0.2, 0) is 9.53 Å². The average Bonchev–Trinajstić information content (AvgIpc) is 2.38. The first-order valence-electron chi connectivity index (χ1n) is 5.86. The van der Waals surface area contributed by atoms with Crippen LogP contribution in [-0.4, -0.2) is 32.3 Å². The first-order valence-corrected chi connectivity index (χ1v) is 6.24. The number of hydrogen-bond acceptors (Lipinski definition) is 3. The summed E-state index contributed by atoms with van der Waals surface area (Å²) in [6.45, 7) is 2.84.